The Balaban J connectivity index is 0.940. The van der Waals surface area contributed by atoms with Crippen molar-refractivity contribution >= 4 is 45.3 Å². The van der Waals surface area contributed by atoms with Crippen LogP contribution < -0.4 is 16.3 Å². The summed E-state index contributed by atoms with van der Waals surface area (Å²) < 4.78 is 52.2. The lowest BCUT2D eigenvalue weighted by Crippen LogP contribution is -2.49. The molecule has 2 aromatic carbocycles. The molecule has 308 valence electrons. The molecular weight excluding hydrogens is 768 g/mol. The number of rotatable bonds is 8. The highest BCUT2D eigenvalue weighted by Gasteiger charge is 2.48. The number of imidazole rings is 1. The smallest absolute Gasteiger partial charge is 0.329 e. The van der Waals surface area contributed by atoms with Gasteiger partial charge in [0.05, 0.1) is 51.8 Å². The molecule has 1 saturated carbocycles. The fraction of sp³-hybridized carbons (Fsp3) is 0.452. The van der Waals surface area contributed by atoms with E-state index in [0.29, 0.717) is 29.9 Å². The number of imide groups is 1. The summed E-state index contributed by atoms with van der Waals surface area (Å²) in [6.45, 7) is 3.43. The molecule has 0 unspecified atom stereocenters. The second-order valence-electron chi connectivity index (χ2n) is 16.7. The van der Waals surface area contributed by atoms with Gasteiger partial charge in [0.25, 0.3) is 11.8 Å². The first-order chi connectivity index (χ1) is 28.0. The molecule has 2 atom stereocenters. The van der Waals surface area contributed by atoms with Crippen molar-refractivity contribution in [1.29, 1.82) is 5.26 Å². The minimum absolute atomic E-state index is 0.0149. The Morgan fingerprint density at radius 2 is 1.85 bits per heavy atom. The van der Waals surface area contributed by atoms with Crippen molar-refractivity contribution in [2.24, 2.45) is 13.0 Å². The Morgan fingerprint density at radius 3 is 2.54 bits per heavy atom. The van der Waals surface area contributed by atoms with Crippen molar-refractivity contribution in [3.05, 3.63) is 87.5 Å². The van der Waals surface area contributed by atoms with Crippen LogP contribution in [0.5, 0.6) is 0 Å². The second-order valence-corrected chi connectivity index (χ2v) is 16.7. The monoisotopic (exact) mass is 811 g/mol. The average Bonchev–Trinajstić information content (AvgIpc) is 3.72. The van der Waals surface area contributed by atoms with Crippen molar-refractivity contribution in [2.75, 3.05) is 25.0 Å². The number of likely N-dealkylation sites (tertiary alicyclic amines) is 1. The summed E-state index contributed by atoms with van der Waals surface area (Å²) in [6.07, 6.45) is 7.77. The summed E-state index contributed by atoms with van der Waals surface area (Å²) in [5.74, 6) is -7.09. The van der Waals surface area contributed by atoms with Crippen molar-refractivity contribution < 1.29 is 32.7 Å². The fourth-order valence-electron chi connectivity index (χ4n) is 9.23. The zero-order valence-corrected chi connectivity index (χ0v) is 32.8. The number of hydrogen-bond acceptors (Lipinski definition) is 9. The van der Waals surface area contributed by atoms with Gasteiger partial charge in [-0.1, -0.05) is 0 Å². The number of nitrogens with zero attached hydrogens (tertiary/aromatic N) is 7. The van der Waals surface area contributed by atoms with E-state index in [0.717, 1.165) is 41.7 Å². The normalized spacial score (nSPS) is 22.7. The van der Waals surface area contributed by atoms with E-state index in [-0.39, 0.29) is 58.9 Å². The van der Waals surface area contributed by atoms with Crippen molar-refractivity contribution in [2.45, 2.75) is 88.3 Å². The van der Waals surface area contributed by atoms with E-state index in [1.54, 1.807) is 30.9 Å². The zero-order valence-electron chi connectivity index (χ0n) is 32.8. The topological polar surface area (TPSA) is 180 Å². The summed E-state index contributed by atoms with van der Waals surface area (Å²) in [6, 6.07) is 8.36. The molecular formula is C42H44F3N9O5. The van der Waals surface area contributed by atoms with Gasteiger partial charge in [-0.15, -0.1) is 0 Å². The Hall–Kier alpha value is -5.86. The molecule has 0 bridgehead atoms. The van der Waals surface area contributed by atoms with Gasteiger partial charge >= 0.3 is 5.69 Å². The van der Waals surface area contributed by atoms with Gasteiger partial charge in [0, 0.05) is 60.8 Å². The van der Waals surface area contributed by atoms with Crippen molar-refractivity contribution in [3.63, 3.8) is 0 Å². The number of hydrogen-bond donors (Lipinski definition) is 3. The molecule has 14 nitrogen and oxygen atoms in total. The number of benzene rings is 2. The Bertz CT molecular complexity index is 2610. The van der Waals surface area contributed by atoms with Crippen LogP contribution in [-0.4, -0.2) is 77.2 Å². The first-order valence-electron chi connectivity index (χ1n) is 19.8. The van der Waals surface area contributed by atoms with Gasteiger partial charge in [-0.05, 0) is 95.2 Å². The number of nitriles is 1. The number of amides is 3. The van der Waals surface area contributed by atoms with Gasteiger partial charge in [0.1, 0.15) is 17.9 Å². The minimum Gasteiger partial charge on any atom is -0.386 e. The first-order valence-corrected chi connectivity index (χ1v) is 19.8. The average molecular weight is 812 g/mol. The van der Waals surface area contributed by atoms with Crippen molar-refractivity contribution in [1.82, 2.24) is 34.1 Å². The zero-order chi connectivity index (χ0) is 42.0. The highest BCUT2D eigenvalue weighted by molar-refractivity contribution is 6.06. The molecule has 3 fully saturated rings. The largest absolute Gasteiger partial charge is 0.386 e. The molecule has 3 aromatic heterocycles. The molecule has 1 aliphatic carbocycles. The van der Waals surface area contributed by atoms with E-state index in [9.17, 15) is 29.5 Å². The number of aliphatic hydroxyl groups is 1. The van der Waals surface area contributed by atoms with E-state index in [1.165, 1.54) is 36.1 Å². The third kappa shape index (κ3) is 7.51. The second kappa shape index (κ2) is 15.1. The number of piperidine rings is 2. The van der Waals surface area contributed by atoms with Crippen LogP contribution in [0.2, 0.25) is 0 Å². The van der Waals surface area contributed by atoms with E-state index in [4.69, 9.17) is 5.10 Å². The predicted molar refractivity (Wildman–Crippen MR) is 210 cm³/mol. The lowest BCUT2D eigenvalue weighted by molar-refractivity contribution is -0.135. The maximum atomic E-state index is 16.2. The van der Waals surface area contributed by atoms with Crippen molar-refractivity contribution in [3.8, 4) is 6.07 Å². The molecule has 59 heavy (non-hydrogen) atoms. The maximum Gasteiger partial charge on any atom is 0.329 e. The van der Waals surface area contributed by atoms with Gasteiger partial charge in [-0.3, -0.25) is 43.4 Å². The standard InChI is InChI=1S/C42H44F3N9O5/c1-41(2,59)29-16-31-26(15-32(29)48-38(56)25-14-24(17-46)18-47-19-25)21-53(50-31)27-6-4-23(5-7-27)20-52-13-12-28(42(44,45)22-52)36-30(43)8-9-33-37(36)51(3)40(58)54(33)34-10-11-35(55)49-39(34)57/h8-9,14-16,18-19,21,23,27-28,34,59H,4-7,10-13,20,22H2,1-3H3,(H,48,56)(H,49,55,57)/t23?,27?,28-,34+/m0/s1. The summed E-state index contributed by atoms with van der Waals surface area (Å²) in [4.78, 5) is 56.7. The van der Waals surface area contributed by atoms with Crippen LogP contribution in [-0.2, 0) is 22.2 Å². The molecule has 8 rings (SSSR count). The first kappa shape index (κ1) is 39.9. The van der Waals surface area contributed by atoms with Crippen LogP contribution in [0.15, 0.2) is 53.7 Å². The lowest BCUT2D eigenvalue weighted by atomic mass is 9.82. The molecule has 3 amide bonds. The molecule has 3 aliphatic rings. The highest BCUT2D eigenvalue weighted by atomic mass is 19.3. The number of alkyl halides is 2. The van der Waals surface area contributed by atoms with Gasteiger partial charge in [0.15, 0.2) is 0 Å². The van der Waals surface area contributed by atoms with E-state index in [1.807, 2.05) is 16.9 Å². The number of fused-ring (bicyclic) bond motifs is 2. The van der Waals surface area contributed by atoms with E-state index >= 15 is 13.2 Å². The molecule has 5 aromatic rings. The van der Waals surface area contributed by atoms with Crippen LogP contribution in [0.3, 0.4) is 0 Å². The Labute approximate surface area is 336 Å². The van der Waals surface area contributed by atoms with Gasteiger partial charge in [0.2, 0.25) is 11.8 Å². The molecule has 5 heterocycles. The molecule has 3 N–H and O–H groups in total. The molecule has 2 saturated heterocycles. The van der Waals surface area contributed by atoms with Crippen LogP contribution in [0.4, 0.5) is 18.9 Å². The van der Waals surface area contributed by atoms with Crippen LogP contribution in [0.25, 0.3) is 21.9 Å². The summed E-state index contributed by atoms with van der Waals surface area (Å²) in [5.41, 5.74) is -0.0622. The van der Waals surface area contributed by atoms with Gasteiger partial charge in [-0.2, -0.15) is 10.4 Å². The third-order valence-corrected chi connectivity index (χ3v) is 12.2. The minimum atomic E-state index is -3.32. The lowest BCUT2D eigenvalue weighted by Gasteiger charge is -2.41. The Morgan fingerprint density at radius 1 is 1.08 bits per heavy atom. The number of nitrogens with one attached hydrogen (secondary N) is 2. The number of halogens is 3. The summed E-state index contributed by atoms with van der Waals surface area (Å²) in [5, 5.41) is 30.9. The van der Waals surface area contributed by atoms with Crippen LogP contribution >= 0.6 is 0 Å². The predicted octanol–water partition coefficient (Wildman–Crippen LogP) is 5.41. The number of carbonyl (C=O) groups is 3. The SMILES string of the molecule is Cn1c(=O)n([C@@H]2CCC(=O)NC2=O)c2ccc(F)c([C@@H]3CCN(CC4CCC(n5cc6cc(NC(=O)c7cncc(C#N)c7)c(C(C)(C)O)cc6n5)CC4)CC3(F)F)c21. The summed E-state index contributed by atoms with van der Waals surface area (Å²) in [7, 11) is 1.38. The van der Waals surface area contributed by atoms with Crippen LogP contribution in [0.1, 0.15) is 104 Å². The number of carbonyl (C=O) groups excluding carboxylic acids is 3. The quantitative estimate of drug-likeness (QED) is 0.173. The van der Waals surface area contributed by atoms with Gasteiger partial charge in [-0.25, -0.2) is 18.0 Å². The van der Waals surface area contributed by atoms with E-state index in [2.05, 4.69) is 15.6 Å². The van der Waals surface area contributed by atoms with E-state index < -0.39 is 59.3 Å². The summed E-state index contributed by atoms with van der Waals surface area (Å²) >= 11 is 0. The molecule has 0 spiro atoms. The number of aryl methyl sites for hydroxylation is 1. The number of anilines is 1. The molecule has 2 aliphatic heterocycles. The molecule has 0 radical (unpaired) electrons. The maximum absolute atomic E-state index is 16.2. The van der Waals surface area contributed by atoms with Crippen LogP contribution in [0, 0.1) is 23.1 Å². The third-order valence-electron chi connectivity index (χ3n) is 12.2. The highest BCUT2D eigenvalue weighted by Crippen LogP contribution is 2.45. The van der Waals surface area contributed by atoms with Gasteiger partial charge < -0.3 is 10.4 Å². The number of pyridine rings is 1. The number of aromatic nitrogens is 5. The Kier molecular flexibility index (Phi) is 10.2. The fourth-order valence-corrected chi connectivity index (χ4v) is 9.23. The molecule has 17 heteroatoms.